The number of nitrogens with zero attached hydrogens (tertiary/aromatic N) is 1. The summed E-state index contributed by atoms with van der Waals surface area (Å²) in [6.45, 7) is 0. The maximum absolute atomic E-state index is 10.9. The molecule has 0 saturated carbocycles. The molecule has 3 N–H and O–H groups in total. The lowest BCUT2D eigenvalue weighted by molar-refractivity contribution is -0.136. The van der Waals surface area contributed by atoms with E-state index < -0.39 is 5.97 Å². The lowest BCUT2D eigenvalue weighted by Gasteiger charge is -2.08. The Kier molecular flexibility index (Phi) is 3.93. The topological polar surface area (TPSA) is 75.7 Å². The fourth-order valence-electron chi connectivity index (χ4n) is 1.95. The Bertz CT molecular complexity index is 604. The summed E-state index contributed by atoms with van der Waals surface area (Å²) in [5.74, 6) is 4.26. The number of carbonyl (C=O) groups is 1. The molecule has 0 fully saturated rings. The van der Waals surface area contributed by atoms with Crippen LogP contribution in [0.3, 0.4) is 0 Å². The third-order valence-corrected chi connectivity index (χ3v) is 2.80. The van der Waals surface area contributed by atoms with Gasteiger partial charge in [-0.25, -0.2) is 0 Å². The van der Waals surface area contributed by atoms with Crippen molar-refractivity contribution < 1.29 is 9.90 Å². The molecule has 0 heterocycles. The van der Waals surface area contributed by atoms with Crippen LogP contribution in [0.4, 0.5) is 0 Å². The summed E-state index contributed by atoms with van der Waals surface area (Å²) in [6.07, 6.45) is 1.58. The number of carboxylic acid groups (broad SMARTS) is 1. The zero-order chi connectivity index (χ0) is 13.7. The molecule has 0 aliphatic rings. The molecule has 0 bridgehead atoms. The zero-order valence-electron chi connectivity index (χ0n) is 10.3. The van der Waals surface area contributed by atoms with Gasteiger partial charge in [0.25, 0.3) is 0 Å². The lowest BCUT2D eigenvalue weighted by Crippen LogP contribution is -2.01. The summed E-state index contributed by atoms with van der Waals surface area (Å²) < 4.78 is 0. The largest absolute Gasteiger partial charge is 0.481 e. The Labute approximate surface area is 111 Å². The van der Waals surface area contributed by atoms with Crippen molar-refractivity contribution in [1.82, 2.24) is 0 Å². The van der Waals surface area contributed by atoms with Gasteiger partial charge in [0.1, 0.15) is 0 Å². The van der Waals surface area contributed by atoms with Gasteiger partial charge >= 0.3 is 5.97 Å². The highest BCUT2D eigenvalue weighted by Crippen LogP contribution is 2.24. The molecule has 96 valence electrons. The van der Waals surface area contributed by atoms with Crippen molar-refractivity contribution in [2.75, 3.05) is 0 Å². The third kappa shape index (κ3) is 3.19. The van der Waals surface area contributed by atoms with Crippen LogP contribution in [0.25, 0.3) is 11.1 Å². The highest BCUT2D eigenvalue weighted by atomic mass is 16.4. The van der Waals surface area contributed by atoms with Gasteiger partial charge < -0.3 is 10.9 Å². The van der Waals surface area contributed by atoms with Gasteiger partial charge in [-0.1, -0.05) is 48.5 Å². The number of hydrogen-bond acceptors (Lipinski definition) is 3. The van der Waals surface area contributed by atoms with Crippen molar-refractivity contribution in [2.45, 2.75) is 6.42 Å². The molecule has 0 aromatic heterocycles. The molecular weight excluding hydrogens is 240 g/mol. The molecule has 2 rings (SSSR count). The number of benzene rings is 2. The molecule has 0 spiro atoms. The zero-order valence-corrected chi connectivity index (χ0v) is 10.3. The van der Waals surface area contributed by atoms with E-state index in [1.54, 1.807) is 6.21 Å². The van der Waals surface area contributed by atoms with Crippen LogP contribution >= 0.6 is 0 Å². The van der Waals surface area contributed by atoms with Crippen molar-refractivity contribution in [2.24, 2.45) is 10.9 Å². The number of rotatable bonds is 4. The number of aliphatic carboxylic acids is 1. The molecule has 19 heavy (non-hydrogen) atoms. The molecule has 0 atom stereocenters. The van der Waals surface area contributed by atoms with Gasteiger partial charge in [-0.2, -0.15) is 5.10 Å². The second-order valence-electron chi connectivity index (χ2n) is 4.13. The second kappa shape index (κ2) is 5.82. The van der Waals surface area contributed by atoms with Crippen LogP contribution in [0.2, 0.25) is 0 Å². The van der Waals surface area contributed by atoms with Crippen LogP contribution in [-0.4, -0.2) is 17.3 Å². The maximum atomic E-state index is 10.9. The Morgan fingerprint density at radius 3 is 2.47 bits per heavy atom. The van der Waals surface area contributed by atoms with E-state index in [9.17, 15) is 4.79 Å². The van der Waals surface area contributed by atoms with Gasteiger partial charge in [0.15, 0.2) is 0 Å². The van der Waals surface area contributed by atoms with E-state index in [0.29, 0.717) is 0 Å². The second-order valence-corrected chi connectivity index (χ2v) is 4.13. The van der Waals surface area contributed by atoms with Crippen LogP contribution in [0, 0.1) is 0 Å². The molecule has 2 aromatic rings. The quantitative estimate of drug-likeness (QED) is 0.499. The Hall–Kier alpha value is -2.62. The summed E-state index contributed by atoms with van der Waals surface area (Å²) in [5.41, 5.74) is 3.62. The van der Waals surface area contributed by atoms with E-state index in [4.69, 9.17) is 10.9 Å². The van der Waals surface area contributed by atoms with Crippen LogP contribution in [-0.2, 0) is 11.2 Å². The predicted molar refractivity (Wildman–Crippen MR) is 75.0 cm³/mol. The molecule has 0 aliphatic heterocycles. The number of hydrogen-bond donors (Lipinski definition) is 2. The van der Waals surface area contributed by atoms with E-state index in [2.05, 4.69) is 5.10 Å². The summed E-state index contributed by atoms with van der Waals surface area (Å²) in [4.78, 5) is 10.9. The molecule has 0 unspecified atom stereocenters. The first kappa shape index (κ1) is 12.8. The van der Waals surface area contributed by atoms with E-state index in [0.717, 1.165) is 22.3 Å². The fraction of sp³-hybridized carbons (Fsp3) is 0.0667. The number of nitrogens with two attached hydrogens (primary N) is 1. The van der Waals surface area contributed by atoms with Crippen LogP contribution in [0.15, 0.2) is 53.6 Å². The lowest BCUT2D eigenvalue weighted by atomic mass is 9.97. The van der Waals surface area contributed by atoms with E-state index >= 15 is 0 Å². The van der Waals surface area contributed by atoms with E-state index in [-0.39, 0.29) is 6.42 Å². The summed E-state index contributed by atoms with van der Waals surface area (Å²) in [7, 11) is 0. The molecule has 4 heteroatoms. The monoisotopic (exact) mass is 254 g/mol. The summed E-state index contributed by atoms with van der Waals surface area (Å²) in [6, 6.07) is 15.1. The average Bonchev–Trinajstić information content (AvgIpc) is 2.40. The van der Waals surface area contributed by atoms with Gasteiger partial charge in [-0.3, -0.25) is 4.79 Å². The number of carboxylic acids is 1. The van der Waals surface area contributed by atoms with Crippen LogP contribution in [0.5, 0.6) is 0 Å². The van der Waals surface area contributed by atoms with Crippen molar-refractivity contribution in [1.29, 1.82) is 0 Å². The van der Waals surface area contributed by atoms with Gasteiger partial charge in [0.05, 0.1) is 12.6 Å². The van der Waals surface area contributed by atoms with Crippen molar-refractivity contribution >= 4 is 12.2 Å². The normalized spacial score (nSPS) is 10.7. The van der Waals surface area contributed by atoms with Crippen molar-refractivity contribution in [3.63, 3.8) is 0 Å². The van der Waals surface area contributed by atoms with Gasteiger partial charge in [0.2, 0.25) is 0 Å². The molecular formula is C15H14N2O2. The van der Waals surface area contributed by atoms with Gasteiger partial charge in [-0.05, 0) is 22.3 Å². The van der Waals surface area contributed by atoms with Gasteiger partial charge in [-0.15, -0.1) is 0 Å². The maximum Gasteiger partial charge on any atom is 0.307 e. The first-order valence-electron chi connectivity index (χ1n) is 5.84. The molecule has 0 aliphatic carbocycles. The molecule has 0 radical (unpaired) electrons. The van der Waals surface area contributed by atoms with Crippen molar-refractivity contribution in [3.05, 3.63) is 59.7 Å². The Morgan fingerprint density at radius 1 is 1.16 bits per heavy atom. The Balaban J connectivity index is 2.38. The molecule has 4 nitrogen and oxygen atoms in total. The standard InChI is InChI=1S/C15H14N2O2/c16-17-10-11-5-7-12(8-6-11)14-4-2-1-3-13(14)9-15(18)19/h1-8,10H,9,16H2,(H,18,19). The SMILES string of the molecule is NN=Cc1ccc(-c2ccccc2CC(=O)O)cc1. The number of hydrazone groups is 1. The van der Waals surface area contributed by atoms with E-state index in [1.807, 2.05) is 48.5 Å². The highest BCUT2D eigenvalue weighted by Gasteiger charge is 2.07. The Morgan fingerprint density at radius 2 is 1.84 bits per heavy atom. The van der Waals surface area contributed by atoms with Crippen LogP contribution < -0.4 is 5.84 Å². The minimum absolute atomic E-state index is 0.0161. The van der Waals surface area contributed by atoms with Gasteiger partial charge in [0, 0.05) is 0 Å². The summed E-state index contributed by atoms with van der Waals surface area (Å²) >= 11 is 0. The minimum atomic E-state index is -0.834. The first-order valence-corrected chi connectivity index (χ1v) is 5.84. The summed E-state index contributed by atoms with van der Waals surface area (Å²) in [5, 5.41) is 12.4. The van der Waals surface area contributed by atoms with Crippen molar-refractivity contribution in [3.8, 4) is 11.1 Å². The smallest absolute Gasteiger partial charge is 0.307 e. The first-order chi connectivity index (χ1) is 9.20. The third-order valence-electron chi connectivity index (χ3n) is 2.80. The minimum Gasteiger partial charge on any atom is -0.481 e. The van der Waals surface area contributed by atoms with E-state index in [1.165, 1.54) is 0 Å². The molecule has 0 saturated heterocycles. The fourth-order valence-corrected chi connectivity index (χ4v) is 1.95. The molecule has 0 amide bonds. The highest BCUT2D eigenvalue weighted by molar-refractivity contribution is 5.82. The average molecular weight is 254 g/mol. The van der Waals surface area contributed by atoms with Crippen LogP contribution in [0.1, 0.15) is 11.1 Å². The molecule has 2 aromatic carbocycles. The predicted octanol–water partition coefficient (Wildman–Crippen LogP) is 2.27.